The SMILES string of the molecule is COc1cccc(C(CO)NC(C)c2cc(C)sc2C)c1. The molecule has 1 heterocycles. The first-order valence-corrected chi connectivity index (χ1v) is 7.94. The molecule has 21 heavy (non-hydrogen) atoms. The zero-order valence-electron chi connectivity index (χ0n) is 13.0. The van der Waals surface area contributed by atoms with Gasteiger partial charge in [-0.2, -0.15) is 0 Å². The molecule has 0 radical (unpaired) electrons. The predicted octanol–water partition coefficient (Wildman–Crippen LogP) is 3.76. The lowest BCUT2D eigenvalue weighted by Crippen LogP contribution is -2.27. The molecule has 2 aromatic rings. The molecule has 114 valence electrons. The average Bonchev–Trinajstić information content (AvgIpc) is 2.83. The molecule has 0 saturated heterocycles. The summed E-state index contributed by atoms with van der Waals surface area (Å²) >= 11 is 1.81. The Balaban J connectivity index is 2.16. The maximum atomic E-state index is 9.71. The van der Waals surface area contributed by atoms with E-state index in [1.807, 2.05) is 35.6 Å². The van der Waals surface area contributed by atoms with Gasteiger partial charge >= 0.3 is 0 Å². The summed E-state index contributed by atoms with van der Waals surface area (Å²) in [5.74, 6) is 0.808. The molecule has 1 aromatic carbocycles. The highest BCUT2D eigenvalue weighted by Crippen LogP contribution is 2.28. The maximum Gasteiger partial charge on any atom is 0.119 e. The minimum Gasteiger partial charge on any atom is -0.497 e. The Labute approximate surface area is 130 Å². The first-order valence-electron chi connectivity index (χ1n) is 7.13. The highest BCUT2D eigenvalue weighted by molar-refractivity contribution is 7.12. The monoisotopic (exact) mass is 305 g/mol. The van der Waals surface area contributed by atoms with E-state index in [1.165, 1.54) is 15.3 Å². The predicted molar refractivity (Wildman–Crippen MR) is 88.2 cm³/mol. The van der Waals surface area contributed by atoms with Gasteiger partial charge in [0.2, 0.25) is 0 Å². The van der Waals surface area contributed by atoms with Gasteiger partial charge in [-0.05, 0) is 50.1 Å². The van der Waals surface area contributed by atoms with E-state index in [1.54, 1.807) is 7.11 Å². The summed E-state index contributed by atoms with van der Waals surface area (Å²) in [6, 6.07) is 10.1. The van der Waals surface area contributed by atoms with E-state index in [-0.39, 0.29) is 18.7 Å². The Morgan fingerprint density at radius 3 is 2.62 bits per heavy atom. The first kappa shape index (κ1) is 16.0. The Morgan fingerprint density at radius 1 is 1.29 bits per heavy atom. The van der Waals surface area contributed by atoms with Crippen molar-refractivity contribution in [3.8, 4) is 5.75 Å². The van der Waals surface area contributed by atoms with Crippen molar-refractivity contribution in [2.75, 3.05) is 13.7 Å². The van der Waals surface area contributed by atoms with Crippen LogP contribution in [0.3, 0.4) is 0 Å². The number of aliphatic hydroxyl groups is 1. The van der Waals surface area contributed by atoms with Gasteiger partial charge in [-0.25, -0.2) is 0 Å². The highest BCUT2D eigenvalue weighted by atomic mass is 32.1. The molecule has 4 heteroatoms. The van der Waals surface area contributed by atoms with Crippen LogP contribution >= 0.6 is 11.3 Å². The van der Waals surface area contributed by atoms with Crippen LogP contribution in [-0.4, -0.2) is 18.8 Å². The summed E-state index contributed by atoms with van der Waals surface area (Å²) in [6.45, 7) is 6.46. The van der Waals surface area contributed by atoms with Gasteiger partial charge in [-0.3, -0.25) is 0 Å². The van der Waals surface area contributed by atoms with E-state index in [4.69, 9.17) is 4.74 Å². The van der Waals surface area contributed by atoms with Crippen LogP contribution in [-0.2, 0) is 0 Å². The van der Waals surface area contributed by atoms with Crippen molar-refractivity contribution in [2.45, 2.75) is 32.9 Å². The van der Waals surface area contributed by atoms with Crippen molar-refractivity contribution < 1.29 is 9.84 Å². The maximum absolute atomic E-state index is 9.71. The van der Waals surface area contributed by atoms with E-state index >= 15 is 0 Å². The molecule has 2 N–H and O–H groups in total. The van der Waals surface area contributed by atoms with Crippen LogP contribution in [0.25, 0.3) is 0 Å². The second-order valence-electron chi connectivity index (χ2n) is 5.27. The lowest BCUT2D eigenvalue weighted by molar-refractivity contribution is 0.235. The number of rotatable bonds is 6. The van der Waals surface area contributed by atoms with Crippen LogP contribution in [0.15, 0.2) is 30.3 Å². The fourth-order valence-electron chi connectivity index (χ4n) is 2.58. The van der Waals surface area contributed by atoms with Crippen molar-refractivity contribution in [1.29, 1.82) is 0 Å². The summed E-state index contributed by atoms with van der Waals surface area (Å²) < 4.78 is 5.25. The molecule has 0 aliphatic rings. The molecular formula is C17H23NO2S. The van der Waals surface area contributed by atoms with Gasteiger partial charge in [0, 0.05) is 15.8 Å². The molecule has 2 unspecified atom stereocenters. The van der Waals surface area contributed by atoms with Crippen LogP contribution in [0.5, 0.6) is 5.75 Å². The van der Waals surface area contributed by atoms with Crippen molar-refractivity contribution in [2.24, 2.45) is 0 Å². The van der Waals surface area contributed by atoms with Crippen LogP contribution in [0.2, 0.25) is 0 Å². The molecule has 0 bridgehead atoms. The largest absolute Gasteiger partial charge is 0.497 e. The molecule has 0 saturated carbocycles. The number of nitrogens with one attached hydrogen (secondary N) is 1. The molecule has 0 aliphatic carbocycles. The van der Waals surface area contributed by atoms with Crippen LogP contribution in [0, 0.1) is 13.8 Å². The number of methoxy groups -OCH3 is 1. The Morgan fingerprint density at radius 2 is 2.05 bits per heavy atom. The molecule has 3 nitrogen and oxygen atoms in total. The summed E-state index contributed by atoms with van der Waals surface area (Å²) in [4.78, 5) is 2.65. The van der Waals surface area contributed by atoms with E-state index in [9.17, 15) is 5.11 Å². The zero-order chi connectivity index (χ0) is 15.4. The summed E-state index contributed by atoms with van der Waals surface area (Å²) in [7, 11) is 1.65. The molecule has 2 rings (SSSR count). The molecular weight excluding hydrogens is 282 g/mol. The summed E-state index contributed by atoms with van der Waals surface area (Å²) in [6.07, 6.45) is 0. The van der Waals surface area contributed by atoms with Gasteiger partial charge in [-0.1, -0.05) is 12.1 Å². The van der Waals surface area contributed by atoms with Gasteiger partial charge in [0.05, 0.1) is 19.8 Å². The number of hydrogen-bond donors (Lipinski definition) is 2. The normalized spacial score (nSPS) is 14.0. The molecule has 1 aromatic heterocycles. The van der Waals surface area contributed by atoms with Crippen LogP contribution in [0.1, 0.15) is 39.9 Å². The minimum atomic E-state index is -0.102. The number of aliphatic hydroxyl groups excluding tert-OH is 1. The Kier molecular flexibility index (Phi) is 5.39. The van der Waals surface area contributed by atoms with E-state index in [0.29, 0.717) is 0 Å². The van der Waals surface area contributed by atoms with Gasteiger partial charge in [0.1, 0.15) is 5.75 Å². The lowest BCUT2D eigenvalue weighted by Gasteiger charge is -2.22. The number of thiophene rings is 1. The Bertz CT molecular complexity index is 594. The number of hydrogen-bond acceptors (Lipinski definition) is 4. The minimum absolute atomic E-state index is 0.0552. The fourth-order valence-corrected chi connectivity index (χ4v) is 3.61. The molecule has 0 amide bonds. The standard InChI is InChI=1S/C17H23NO2S/c1-11-8-16(13(3)21-11)12(2)18-17(10-19)14-6-5-7-15(9-14)20-4/h5-9,12,17-19H,10H2,1-4H3. The van der Waals surface area contributed by atoms with Crippen molar-refractivity contribution >= 4 is 11.3 Å². The molecule has 2 atom stereocenters. The van der Waals surface area contributed by atoms with Gasteiger partial charge < -0.3 is 15.2 Å². The molecule has 0 fully saturated rings. The average molecular weight is 305 g/mol. The fraction of sp³-hybridized carbons (Fsp3) is 0.412. The third-order valence-corrected chi connectivity index (χ3v) is 4.66. The number of benzene rings is 1. The van der Waals surface area contributed by atoms with Crippen molar-refractivity contribution in [1.82, 2.24) is 5.32 Å². The first-order chi connectivity index (χ1) is 10.0. The zero-order valence-corrected chi connectivity index (χ0v) is 13.8. The van der Waals surface area contributed by atoms with Crippen LogP contribution < -0.4 is 10.1 Å². The van der Waals surface area contributed by atoms with Gasteiger partial charge in [0.15, 0.2) is 0 Å². The van der Waals surface area contributed by atoms with Crippen molar-refractivity contribution in [3.05, 3.63) is 51.2 Å². The summed E-state index contributed by atoms with van der Waals surface area (Å²) in [5.41, 5.74) is 2.34. The molecule has 0 aliphatic heterocycles. The van der Waals surface area contributed by atoms with Crippen molar-refractivity contribution in [3.63, 3.8) is 0 Å². The quantitative estimate of drug-likeness (QED) is 0.854. The van der Waals surface area contributed by atoms with E-state index in [0.717, 1.165) is 11.3 Å². The third kappa shape index (κ3) is 3.84. The topological polar surface area (TPSA) is 41.5 Å². The van der Waals surface area contributed by atoms with E-state index < -0.39 is 0 Å². The second kappa shape index (κ2) is 7.07. The third-order valence-electron chi connectivity index (χ3n) is 3.68. The molecule has 0 spiro atoms. The van der Waals surface area contributed by atoms with E-state index in [2.05, 4.69) is 32.2 Å². The summed E-state index contributed by atoms with van der Waals surface area (Å²) in [5, 5.41) is 13.2. The van der Waals surface area contributed by atoms with Gasteiger partial charge in [0.25, 0.3) is 0 Å². The lowest BCUT2D eigenvalue weighted by atomic mass is 10.0. The van der Waals surface area contributed by atoms with Gasteiger partial charge in [-0.15, -0.1) is 11.3 Å². The highest BCUT2D eigenvalue weighted by Gasteiger charge is 2.17. The Hall–Kier alpha value is -1.36. The smallest absolute Gasteiger partial charge is 0.119 e. The second-order valence-corrected chi connectivity index (χ2v) is 6.73. The van der Waals surface area contributed by atoms with Crippen LogP contribution in [0.4, 0.5) is 0 Å². The number of ether oxygens (including phenoxy) is 1. The number of aryl methyl sites for hydroxylation is 2.